The molecule has 0 heterocycles. The van der Waals surface area contributed by atoms with E-state index >= 15 is 0 Å². The van der Waals surface area contributed by atoms with Crippen molar-refractivity contribution in [3.63, 3.8) is 0 Å². The van der Waals surface area contributed by atoms with Crippen LogP contribution in [0.25, 0.3) is 0 Å². The van der Waals surface area contributed by atoms with Gasteiger partial charge in [-0.05, 0) is 30.2 Å². The van der Waals surface area contributed by atoms with E-state index in [1.165, 1.54) is 0 Å². The van der Waals surface area contributed by atoms with Crippen LogP contribution in [0.15, 0.2) is 22.7 Å². The van der Waals surface area contributed by atoms with Crippen LogP contribution in [0.1, 0.15) is 18.1 Å². The van der Waals surface area contributed by atoms with Crippen LogP contribution in [0, 0.1) is 0 Å². The minimum Gasteiger partial charge on any atom is -0.377 e. The second-order valence-corrected chi connectivity index (χ2v) is 6.03. The van der Waals surface area contributed by atoms with E-state index in [0.717, 1.165) is 21.9 Å². The first kappa shape index (κ1) is 14.6. The molecule has 0 aliphatic rings. The van der Waals surface area contributed by atoms with Crippen LogP contribution in [0.5, 0.6) is 0 Å². The Bertz CT molecular complexity index is 470. The van der Waals surface area contributed by atoms with Crippen molar-refractivity contribution in [2.24, 2.45) is 0 Å². The lowest BCUT2D eigenvalue weighted by Gasteiger charge is -2.08. The smallest absolute Gasteiger partial charge is 0.264 e. The van der Waals surface area contributed by atoms with E-state index in [-0.39, 0.29) is 6.61 Å². The Morgan fingerprint density at radius 2 is 2.00 bits per heavy atom. The topological polar surface area (TPSA) is 52.6 Å². The summed E-state index contributed by atoms with van der Waals surface area (Å²) in [6.45, 7) is 3.09. The molecule has 0 fully saturated rings. The highest BCUT2D eigenvalue weighted by molar-refractivity contribution is 9.10. The summed E-state index contributed by atoms with van der Waals surface area (Å²) in [5.41, 5.74) is 1.77. The van der Waals surface area contributed by atoms with Crippen LogP contribution in [0.4, 0.5) is 0 Å². The number of benzene rings is 1. The van der Waals surface area contributed by atoms with E-state index in [9.17, 15) is 8.42 Å². The van der Waals surface area contributed by atoms with Crippen molar-refractivity contribution in [1.29, 1.82) is 0 Å². The van der Waals surface area contributed by atoms with E-state index in [1.807, 2.05) is 25.1 Å². The van der Waals surface area contributed by atoms with Crippen molar-refractivity contribution in [2.75, 3.05) is 12.9 Å². The van der Waals surface area contributed by atoms with Gasteiger partial charge in [0.1, 0.15) is 0 Å². The average molecular weight is 323 g/mol. The quantitative estimate of drug-likeness (QED) is 0.755. The second kappa shape index (κ2) is 6.49. The molecule has 0 unspecified atom stereocenters. The van der Waals surface area contributed by atoms with E-state index in [1.54, 1.807) is 0 Å². The minimum absolute atomic E-state index is 0.0469. The van der Waals surface area contributed by atoms with Crippen LogP contribution in [0.3, 0.4) is 0 Å². The Hall–Kier alpha value is -0.430. The molecule has 0 N–H and O–H groups in total. The zero-order valence-corrected chi connectivity index (χ0v) is 12.2. The summed E-state index contributed by atoms with van der Waals surface area (Å²) in [6, 6.07) is 5.53. The summed E-state index contributed by atoms with van der Waals surface area (Å²) in [5.74, 6) is 0. The summed E-state index contributed by atoms with van der Waals surface area (Å²) in [7, 11) is -3.41. The van der Waals surface area contributed by atoms with E-state index < -0.39 is 10.1 Å². The van der Waals surface area contributed by atoms with Crippen molar-refractivity contribution in [3.8, 4) is 0 Å². The molecule has 4 nitrogen and oxygen atoms in total. The van der Waals surface area contributed by atoms with Gasteiger partial charge < -0.3 is 4.74 Å². The van der Waals surface area contributed by atoms with Crippen LogP contribution >= 0.6 is 15.9 Å². The summed E-state index contributed by atoms with van der Waals surface area (Å²) in [5, 5.41) is 0. The third kappa shape index (κ3) is 5.63. The fourth-order valence-corrected chi connectivity index (χ4v) is 1.93. The molecule has 96 valence electrons. The Kier molecular flexibility index (Phi) is 5.58. The summed E-state index contributed by atoms with van der Waals surface area (Å²) < 4.78 is 32.7. The molecule has 0 radical (unpaired) electrons. The van der Waals surface area contributed by atoms with E-state index in [4.69, 9.17) is 8.92 Å². The minimum atomic E-state index is -3.41. The van der Waals surface area contributed by atoms with Crippen LogP contribution in [-0.4, -0.2) is 21.3 Å². The summed E-state index contributed by atoms with van der Waals surface area (Å²) in [6.07, 6.45) is 1.03. The first-order valence-corrected chi connectivity index (χ1v) is 7.72. The number of hydrogen-bond acceptors (Lipinski definition) is 4. The zero-order valence-electron chi connectivity index (χ0n) is 9.77. The molecule has 0 aromatic heterocycles. The summed E-state index contributed by atoms with van der Waals surface area (Å²) >= 11 is 3.41. The van der Waals surface area contributed by atoms with E-state index in [2.05, 4.69) is 15.9 Å². The lowest BCUT2D eigenvalue weighted by Crippen LogP contribution is -2.03. The van der Waals surface area contributed by atoms with Gasteiger partial charge in [-0.2, -0.15) is 8.42 Å². The van der Waals surface area contributed by atoms with E-state index in [0.29, 0.717) is 13.2 Å². The maximum Gasteiger partial charge on any atom is 0.264 e. The van der Waals surface area contributed by atoms with Crippen molar-refractivity contribution in [2.45, 2.75) is 20.1 Å². The third-order valence-electron chi connectivity index (χ3n) is 2.01. The van der Waals surface area contributed by atoms with Gasteiger partial charge in [-0.3, -0.25) is 4.18 Å². The standard InChI is InChI=1S/C11H15BrO4S/c1-3-15-8-10-6-9(4-5-11(10)12)7-16-17(2,13)14/h4-6H,3,7-8H2,1-2H3. The van der Waals surface area contributed by atoms with Gasteiger partial charge in [0.05, 0.1) is 19.5 Å². The molecule has 0 amide bonds. The van der Waals surface area contributed by atoms with Crippen LogP contribution < -0.4 is 0 Å². The van der Waals surface area contributed by atoms with Gasteiger partial charge in [0.25, 0.3) is 10.1 Å². The Balaban J connectivity index is 2.74. The molecule has 0 bridgehead atoms. The zero-order chi connectivity index (χ0) is 12.9. The molecule has 6 heteroatoms. The lowest BCUT2D eigenvalue weighted by atomic mass is 10.1. The molecule has 0 saturated heterocycles. The van der Waals surface area contributed by atoms with Crippen molar-refractivity contribution >= 4 is 26.0 Å². The van der Waals surface area contributed by atoms with Crippen molar-refractivity contribution < 1.29 is 17.3 Å². The highest BCUT2D eigenvalue weighted by Crippen LogP contribution is 2.20. The first-order valence-electron chi connectivity index (χ1n) is 5.12. The molecule has 1 aromatic carbocycles. The molecule has 17 heavy (non-hydrogen) atoms. The second-order valence-electron chi connectivity index (χ2n) is 3.53. The number of ether oxygens (including phenoxy) is 1. The number of hydrogen-bond donors (Lipinski definition) is 0. The highest BCUT2D eigenvalue weighted by atomic mass is 79.9. The van der Waals surface area contributed by atoms with Gasteiger partial charge in [0.2, 0.25) is 0 Å². The molecule has 0 atom stereocenters. The van der Waals surface area contributed by atoms with Gasteiger partial charge in [-0.15, -0.1) is 0 Å². The largest absolute Gasteiger partial charge is 0.377 e. The van der Waals surface area contributed by atoms with Gasteiger partial charge in [-0.25, -0.2) is 0 Å². The highest BCUT2D eigenvalue weighted by Gasteiger charge is 2.05. The van der Waals surface area contributed by atoms with Crippen LogP contribution in [0.2, 0.25) is 0 Å². The SMILES string of the molecule is CCOCc1cc(COS(C)(=O)=O)ccc1Br. The third-order valence-corrected chi connectivity index (χ3v) is 3.33. The number of rotatable bonds is 6. The Morgan fingerprint density at radius 3 is 2.59 bits per heavy atom. The maximum atomic E-state index is 10.9. The number of halogens is 1. The monoisotopic (exact) mass is 322 g/mol. The predicted octanol–water partition coefficient (Wildman–Crippen LogP) is 2.46. The van der Waals surface area contributed by atoms with Gasteiger partial charge in [0.15, 0.2) is 0 Å². The normalized spacial score (nSPS) is 11.7. The molecule has 0 spiro atoms. The molecule has 1 rings (SSSR count). The molecule has 0 aliphatic carbocycles. The first-order chi connectivity index (χ1) is 7.92. The molecular weight excluding hydrogens is 308 g/mol. The van der Waals surface area contributed by atoms with Crippen LogP contribution in [-0.2, 0) is 32.3 Å². The predicted molar refractivity (Wildman–Crippen MR) is 69.1 cm³/mol. The fourth-order valence-electron chi connectivity index (χ4n) is 1.22. The van der Waals surface area contributed by atoms with Crippen molar-refractivity contribution in [3.05, 3.63) is 33.8 Å². The van der Waals surface area contributed by atoms with Gasteiger partial charge in [0, 0.05) is 11.1 Å². The van der Waals surface area contributed by atoms with Crippen molar-refractivity contribution in [1.82, 2.24) is 0 Å². The van der Waals surface area contributed by atoms with Gasteiger partial charge in [-0.1, -0.05) is 22.0 Å². The molecule has 0 saturated carbocycles. The Labute approximate surface area is 110 Å². The molecule has 1 aromatic rings. The fraction of sp³-hybridized carbons (Fsp3) is 0.455. The van der Waals surface area contributed by atoms with Gasteiger partial charge >= 0.3 is 0 Å². The average Bonchev–Trinajstić information content (AvgIpc) is 2.25. The molecule has 0 aliphatic heterocycles. The Morgan fingerprint density at radius 1 is 1.29 bits per heavy atom. The maximum absolute atomic E-state index is 10.9. The summed E-state index contributed by atoms with van der Waals surface area (Å²) in [4.78, 5) is 0. The molecular formula is C11H15BrO4S. The lowest BCUT2D eigenvalue weighted by molar-refractivity contribution is 0.133.